The summed E-state index contributed by atoms with van der Waals surface area (Å²) in [5, 5.41) is 11.8. The lowest BCUT2D eigenvalue weighted by atomic mass is 10.1. The molecule has 0 radical (unpaired) electrons. The van der Waals surface area contributed by atoms with Gasteiger partial charge in [0.05, 0.1) is 5.56 Å². The zero-order valence-corrected chi connectivity index (χ0v) is 9.86. The number of nitrogens with one attached hydrogen (secondary N) is 1. The molecule has 1 aromatic carbocycles. The van der Waals surface area contributed by atoms with Crippen LogP contribution in [0.25, 0.3) is 0 Å². The van der Waals surface area contributed by atoms with Crippen molar-refractivity contribution in [2.24, 2.45) is 5.92 Å². The van der Waals surface area contributed by atoms with Crippen LogP contribution in [-0.2, 0) is 0 Å². The highest BCUT2D eigenvalue weighted by Gasteiger charge is 2.34. The van der Waals surface area contributed by atoms with Gasteiger partial charge in [0.2, 0.25) is 0 Å². The van der Waals surface area contributed by atoms with E-state index in [-0.39, 0.29) is 17.5 Å². The average molecular weight is 233 g/mol. The molecule has 2 atom stereocenters. The summed E-state index contributed by atoms with van der Waals surface area (Å²) < 4.78 is 0. The third-order valence-electron chi connectivity index (χ3n) is 3.01. The Labute approximate surface area is 99.6 Å². The Bertz CT molecular complexity index is 482. The molecule has 2 N–H and O–H groups in total. The molecule has 1 aliphatic carbocycles. The van der Waals surface area contributed by atoms with Gasteiger partial charge in [-0.15, -0.1) is 0 Å². The molecule has 0 aromatic heterocycles. The number of carboxylic acid groups (broad SMARTS) is 1. The highest BCUT2D eigenvalue weighted by Crippen LogP contribution is 2.29. The fourth-order valence-corrected chi connectivity index (χ4v) is 1.81. The molecule has 0 bridgehead atoms. The third-order valence-corrected chi connectivity index (χ3v) is 3.01. The van der Waals surface area contributed by atoms with Gasteiger partial charge in [0, 0.05) is 11.6 Å². The van der Waals surface area contributed by atoms with Gasteiger partial charge in [-0.3, -0.25) is 4.79 Å². The maximum Gasteiger partial charge on any atom is 0.335 e. The summed E-state index contributed by atoms with van der Waals surface area (Å²) in [6.07, 6.45) is 1.00. The molecule has 1 saturated carbocycles. The van der Waals surface area contributed by atoms with Gasteiger partial charge in [-0.25, -0.2) is 4.79 Å². The zero-order chi connectivity index (χ0) is 12.6. The van der Waals surface area contributed by atoms with Crippen LogP contribution in [0, 0.1) is 12.8 Å². The second-order valence-electron chi connectivity index (χ2n) is 4.69. The number of aryl methyl sites for hydroxylation is 1. The first kappa shape index (κ1) is 11.6. The van der Waals surface area contributed by atoms with Crippen molar-refractivity contribution in [2.75, 3.05) is 0 Å². The summed E-state index contributed by atoms with van der Waals surface area (Å²) in [6.45, 7) is 3.85. The van der Waals surface area contributed by atoms with E-state index >= 15 is 0 Å². The SMILES string of the molecule is Cc1cc(C(=O)O)cc(C(=O)NC2CC2C)c1. The Hall–Kier alpha value is -1.84. The smallest absolute Gasteiger partial charge is 0.335 e. The van der Waals surface area contributed by atoms with Crippen molar-refractivity contribution in [1.29, 1.82) is 0 Å². The van der Waals surface area contributed by atoms with E-state index in [0.29, 0.717) is 11.5 Å². The first-order chi connectivity index (χ1) is 7.97. The standard InChI is InChI=1S/C13H15NO3/c1-7-3-9(6-10(4-7)13(16)17)12(15)14-11-5-8(11)2/h3-4,6,8,11H,5H2,1-2H3,(H,14,15)(H,16,17). The van der Waals surface area contributed by atoms with Crippen LogP contribution in [0.5, 0.6) is 0 Å². The van der Waals surface area contributed by atoms with E-state index in [1.54, 1.807) is 19.1 Å². The summed E-state index contributed by atoms with van der Waals surface area (Å²) in [5.41, 5.74) is 1.35. The van der Waals surface area contributed by atoms with Crippen LogP contribution in [-0.4, -0.2) is 23.0 Å². The predicted octanol–water partition coefficient (Wildman–Crippen LogP) is 1.83. The Balaban J connectivity index is 2.19. The van der Waals surface area contributed by atoms with E-state index in [4.69, 9.17) is 5.11 Å². The number of aromatic carboxylic acids is 1. The third kappa shape index (κ3) is 2.64. The summed E-state index contributed by atoms with van der Waals surface area (Å²) in [5.74, 6) is -0.671. The quantitative estimate of drug-likeness (QED) is 0.837. The summed E-state index contributed by atoms with van der Waals surface area (Å²) >= 11 is 0. The van der Waals surface area contributed by atoms with Crippen LogP contribution in [0.15, 0.2) is 18.2 Å². The Morgan fingerprint density at radius 1 is 1.29 bits per heavy atom. The number of amides is 1. The Kier molecular flexibility index (Phi) is 2.88. The highest BCUT2D eigenvalue weighted by molar-refractivity contribution is 5.98. The van der Waals surface area contributed by atoms with Crippen LogP contribution in [0.2, 0.25) is 0 Å². The van der Waals surface area contributed by atoms with Gasteiger partial charge in [0.1, 0.15) is 0 Å². The molecule has 17 heavy (non-hydrogen) atoms. The van der Waals surface area contributed by atoms with Crippen molar-refractivity contribution in [3.63, 3.8) is 0 Å². The number of carboxylic acids is 1. The minimum absolute atomic E-state index is 0.152. The van der Waals surface area contributed by atoms with Crippen molar-refractivity contribution in [2.45, 2.75) is 26.3 Å². The van der Waals surface area contributed by atoms with Gasteiger partial charge in [-0.1, -0.05) is 6.92 Å². The van der Waals surface area contributed by atoms with Crippen molar-refractivity contribution in [1.82, 2.24) is 5.32 Å². The second kappa shape index (κ2) is 4.20. The molecular formula is C13H15NO3. The van der Waals surface area contributed by atoms with Crippen molar-refractivity contribution >= 4 is 11.9 Å². The van der Waals surface area contributed by atoms with Gasteiger partial charge in [0.15, 0.2) is 0 Å². The lowest BCUT2D eigenvalue weighted by Gasteiger charge is -2.06. The van der Waals surface area contributed by atoms with E-state index in [2.05, 4.69) is 12.2 Å². The van der Waals surface area contributed by atoms with E-state index in [0.717, 1.165) is 12.0 Å². The molecule has 0 heterocycles. The van der Waals surface area contributed by atoms with E-state index in [9.17, 15) is 9.59 Å². The molecule has 4 heteroatoms. The lowest BCUT2D eigenvalue weighted by Crippen LogP contribution is -2.26. The predicted molar refractivity (Wildman–Crippen MR) is 63.2 cm³/mol. The second-order valence-corrected chi connectivity index (χ2v) is 4.69. The first-order valence-corrected chi connectivity index (χ1v) is 5.63. The van der Waals surface area contributed by atoms with Gasteiger partial charge < -0.3 is 10.4 Å². The largest absolute Gasteiger partial charge is 0.478 e. The molecule has 1 fully saturated rings. The molecule has 2 unspecified atom stereocenters. The van der Waals surface area contributed by atoms with Gasteiger partial charge in [0.25, 0.3) is 5.91 Å². The minimum atomic E-state index is -1.01. The maximum atomic E-state index is 11.9. The number of carbonyl (C=O) groups is 2. The minimum Gasteiger partial charge on any atom is -0.478 e. The average Bonchev–Trinajstić information content (AvgIpc) is 2.93. The van der Waals surface area contributed by atoms with Crippen LogP contribution >= 0.6 is 0 Å². The summed E-state index contributed by atoms with van der Waals surface area (Å²) in [7, 11) is 0. The summed E-state index contributed by atoms with van der Waals surface area (Å²) in [6, 6.07) is 4.92. The van der Waals surface area contributed by atoms with Crippen LogP contribution in [0.4, 0.5) is 0 Å². The van der Waals surface area contributed by atoms with Crippen molar-refractivity contribution in [3.05, 3.63) is 34.9 Å². The Morgan fingerprint density at radius 2 is 1.88 bits per heavy atom. The molecule has 4 nitrogen and oxygen atoms in total. The first-order valence-electron chi connectivity index (χ1n) is 5.63. The molecule has 90 valence electrons. The van der Waals surface area contributed by atoms with Crippen molar-refractivity contribution < 1.29 is 14.7 Å². The molecule has 1 aromatic rings. The van der Waals surface area contributed by atoms with E-state index in [1.807, 2.05) is 0 Å². The molecular weight excluding hydrogens is 218 g/mol. The molecule has 0 saturated heterocycles. The fourth-order valence-electron chi connectivity index (χ4n) is 1.81. The number of carbonyl (C=O) groups excluding carboxylic acids is 1. The number of hydrogen-bond donors (Lipinski definition) is 2. The van der Waals surface area contributed by atoms with Crippen LogP contribution in [0.3, 0.4) is 0 Å². The molecule has 1 aliphatic rings. The lowest BCUT2D eigenvalue weighted by molar-refractivity contribution is 0.0696. The highest BCUT2D eigenvalue weighted by atomic mass is 16.4. The van der Waals surface area contributed by atoms with Crippen molar-refractivity contribution in [3.8, 4) is 0 Å². The zero-order valence-electron chi connectivity index (χ0n) is 9.86. The topological polar surface area (TPSA) is 66.4 Å². The Morgan fingerprint density at radius 3 is 2.41 bits per heavy atom. The number of rotatable bonds is 3. The maximum absolute atomic E-state index is 11.9. The normalized spacial score (nSPS) is 22.0. The van der Waals surface area contributed by atoms with Crippen LogP contribution < -0.4 is 5.32 Å². The van der Waals surface area contributed by atoms with E-state index < -0.39 is 5.97 Å². The molecule has 0 aliphatic heterocycles. The van der Waals surface area contributed by atoms with Gasteiger partial charge >= 0.3 is 5.97 Å². The monoisotopic (exact) mass is 233 g/mol. The molecule has 0 spiro atoms. The van der Waals surface area contributed by atoms with E-state index in [1.165, 1.54) is 6.07 Å². The van der Waals surface area contributed by atoms with Crippen LogP contribution in [0.1, 0.15) is 39.6 Å². The summed E-state index contributed by atoms with van der Waals surface area (Å²) in [4.78, 5) is 22.7. The van der Waals surface area contributed by atoms with Gasteiger partial charge in [-0.05, 0) is 43.0 Å². The molecule has 2 rings (SSSR count). The molecule has 1 amide bonds. The fraction of sp³-hybridized carbons (Fsp3) is 0.385. The number of hydrogen-bond acceptors (Lipinski definition) is 2. The van der Waals surface area contributed by atoms with Gasteiger partial charge in [-0.2, -0.15) is 0 Å². The number of benzene rings is 1.